The molecule has 1 aliphatic rings. The summed E-state index contributed by atoms with van der Waals surface area (Å²) in [6, 6.07) is 12.8. The summed E-state index contributed by atoms with van der Waals surface area (Å²) in [6.45, 7) is 8.35. The molecule has 0 bridgehead atoms. The average Bonchev–Trinajstić information content (AvgIpc) is 2.82. The van der Waals surface area contributed by atoms with Crippen molar-refractivity contribution in [3.63, 3.8) is 0 Å². The standard InChI is InChI=1S/C28H36BrClN2O3/c1-19(27(34)31-23-8-6-5-7-9-23)32(17-20-10-13-22(30)14-11-20)26(33)18-35-25-15-12-21(16-24(25)29)28(2,3)4/h10-16,19,23H,5-9,17-18H2,1-4H3,(H,31,34). The van der Waals surface area contributed by atoms with Gasteiger partial charge in [0.05, 0.1) is 4.47 Å². The van der Waals surface area contributed by atoms with E-state index in [9.17, 15) is 9.59 Å². The maximum atomic E-state index is 13.3. The Hall–Kier alpha value is -2.05. The van der Waals surface area contributed by atoms with E-state index >= 15 is 0 Å². The fourth-order valence-electron chi connectivity index (χ4n) is 4.24. The lowest BCUT2D eigenvalue weighted by molar-refractivity contribution is -0.142. The number of benzene rings is 2. The number of ether oxygens (including phenoxy) is 1. The average molecular weight is 564 g/mol. The number of halogens is 2. The van der Waals surface area contributed by atoms with E-state index in [-0.39, 0.29) is 29.9 Å². The number of carbonyl (C=O) groups is 2. The molecule has 7 heteroatoms. The van der Waals surface area contributed by atoms with Gasteiger partial charge in [0.2, 0.25) is 5.91 Å². The van der Waals surface area contributed by atoms with Crippen molar-refractivity contribution in [3.8, 4) is 5.75 Å². The summed E-state index contributed by atoms with van der Waals surface area (Å²) >= 11 is 9.60. The molecule has 0 aromatic heterocycles. The van der Waals surface area contributed by atoms with Gasteiger partial charge in [0, 0.05) is 17.6 Å². The Labute approximate surface area is 222 Å². The highest BCUT2D eigenvalue weighted by Crippen LogP contribution is 2.31. The largest absolute Gasteiger partial charge is 0.483 e. The van der Waals surface area contributed by atoms with Crippen molar-refractivity contribution in [2.45, 2.75) is 83.8 Å². The quantitative estimate of drug-likeness (QED) is 0.391. The monoisotopic (exact) mass is 562 g/mol. The first kappa shape index (κ1) is 27.5. The van der Waals surface area contributed by atoms with Gasteiger partial charge in [-0.3, -0.25) is 9.59 Å². The van der Waals surface area contributed by atoms with Crippen molar-refractivity contribution in [2.24, 2.45) is 0 Å². The normalized spacial score (nSPS) is 15.4. The third-order valence-corrected chi connectivity index (χ3v) is 7.41. The van der Waals surface area contributed by atoms with Crippen LogP contribution in [-0.4, -0.2) is 35.4 Å². The molecule has 2 amide bonds. The fourth-order valence-corrected chi connectivity index (χ4v) is 4.86. The molecule has 0 heterocycles. The van der Waals surface area contributed by atoms with Gasteiger partial charge in [-0.25, -0.2) is 0 Å². The minimum absolute atomic E-state index is 0.00732. The molecular formula is C28H36BrClN2O3. The Morgan fingerprint density at radius 3 is 2.37 bits per heavy atom. The van der Waals surface area contributed by atoms with Gasteiger partial charge < -0.3 is 15.0 Å². The van der Waals surface area contributed by atoms with Crippen LogP contribution < -0.4 is 10.1 Å². The maximum Gasteiger partial charge on any atom is 0.261 e. The van der Waals surface area contributed by atoms with Gasteiger partial charge in [0.25, 0.3) is 5.91 Å². The molecule has 3 rings (SSSR count). The van der Waals surface area contributed by atoms with E-state index < -0.39 is 6.04 Å². The van der Waals surface area contributed by atoms with Gasteiger partial charge in [-0.15, -0.1) is 0 Å². The van der Waals surface area contributed by atoms with E-state index in [4.69, 9.17) is 16.3 Å². The second kappa shape index (κ2) is 12.3. The molecule has 35 heavy (non-hydrogen) atoms. The molecule has 0 radical (unpaired) electrons. The second-order valence-electron chi connectivity index (χ2n) is 10.4. The predicted molar refractivity (Wildman–Crippen MR) is 145 cm³/mol. The first-order valence-corrected chi connectivity index (χ1v) is 13.5. The van der Waals surface area contributed by atoms with Crippen LogP contribution in [0.4, 0.5) is 0 Å². The molecule has 5 nitrogen and oxygen atoms in total. The summed E-state index contributed by atoms with van der Waals surface area (Å²) in [7, 11) is 0. The Balaban J connectivity index is 1.72. The van der Waals surface area contributed by atoms with Gasteiger partial charge >= 0.3 is 0 Å². The molecule has 2 aromatic rings. The Morgan fingerprint density at radius 2 is 1.77 bits per heavy atom. The van der Waals surface area contributed by atoms with Crippen molar-refractivity contribution in [2.75, 3.05) is 6.61 Å². The van der Waals surface area contributed by atoms with Crippen LogP contribution in [0, 0.1) is 0 Å². The van der Waals surface area contributed by atoms with Crippen LogP contribution in [0.15, 0.2) is 46.9 Å². The molecule has 1 unspecified atom stereocenters. The van der Waals surface area contributed by atoms with Crippen LogP contribution in [0.2, 0.25) is 5.02 Å². The Morgan fingerprint density at radius 1 is 1.11 bits per heavy atom. The summed E-state index contributed by atoms with van der Waals surface area (Å²) in [5, 5.41) is 3.78. The van der Waals surface area contributed by atoms with E-state index in [2.05, 4.69) is 42.0 Å². The topological polar surface area (TPSA) is 58.6 Å². The summed E-state index contributed by atoms with van der Waals surface area (Å²) < 4.78 is 6.69. The van der Waals surface area contributed by atoms with Gasteiger partial charge in [-0.2, -0.15) is 0 Å². The van der Waals surface area contributed by atoms with Crippen molar-refractivity contribution in [3.05, 3.63) is 63.1 Å². The number of nitrogens with zero attached hydrogens (tertiary/aromatic N) is 1. The minimum Gasteiger partial charge on any atom is -0.483 e. The number of rotatable bonds is 8. The van der Waals surface area contributed by atoms with Crippen LogP contribution in [0.5, 0.6) is 5.75 Å². The molecule has 1 fully saturated rings. The van der Waals surface area contributed by atoms with Gasteiger partial charge in [0.1, 0.15) is 11.8 Å². The SMILES string of the molecule is CC(C(=O)NC1CCCCC1)N(Cc1ccc(Cl)cc1)C(=O)COc1ccc(C(C)(C)C)cc1Br. The highest BCUT2D eigenvalue weighted by Gasteiger charge is 2.28. The Bertz CT molecular complexity index is 1010. The van der Waals surface area contributed by atoms with E-state index in [0.717, 1.165) is 35.7 Å². The first-order valence-electron chi connectivity index (χ1n) is 12.3. The van der Waals surface area contributed by atoms with Gasteiger partial charge in [-0.05, 0) is 76.5 Å². The zero-order valence-corrected chi connectivity index (χ0v) is 23.4. The predicted octanol–water partition coefficient (Wildman–Crippen LogP) is 6.65. The van der Waals surface area contributed by atoms with E-state index in [1.807, 2.05) is 30.3 Å². The zero-order valence-electron chi connectivity index (χ0n) is 21.1. The van der Waals surface area contributed by atoms with Crippen LogP contribution in [0.25, 0.3) is 0 Å². The summed E-state index contributed by atoms with van der Waals surface area (Å²) in [5.74, 6) is 0.213. The molecule has 1 aliphatic carbocycles. The van der Waals surface area contributed by atoms with Crippen LogP contribution in [0.1, 0.15) is 70.9 Å². The number of hydrogen-bond donors (Lipinski definition) is 1. The molecule has 0 saturated heterocycles. The lowest BCUT2D eigenvalue weighted by Gasteiger charge is -2.31. The lowest BCUT2D eigenvalue weighted by Crippen LogP contribution is -2.51. The molecule has 1 atom stereocenters. The van der Waals surface area contributed by atoms with Gasteiger partial charge in [-0.1, -0.05) is 69.8 Å². The summed E-state index contributed by atoms with van der Waals surface area (Å²) in [6.07, 6.45) is 5.45. The third kappa shape index (κ3) is 7.97. The maximum absolute atomic E-state index is 13.3. The molecule has 1 N–H and O–H groups in total. The van der Waals surface area contributed by atoms with E-state index in [1.165, 1.54) is 12.0 Å². The highest BCUT2D eigenvalue weighted by atomic mass is 79.9. The Kier molecular flexibility index (Phi) is 9.65. The number of amides is 2. The van der Waals surface area contributed by atoms with E-state index in [0.29, 0.717) is 17.3 Å². The van der Waals surface area contributed by atoms with Crippen LogP contribution in [-0.2, 0) is 21.5 Å². The number of carbonyl (C=O) groups excluding carboxylic acids is 2. The highest BCUT2D eigenvalue weighted by molar-refractivity contribution is 9.10. The fraction of sp³-hybridized carbons (Fsp3) is 0.500. The third-order valence-electron chi connectivity index (χ3n) is 6.53. The first-order chi connectivity index (χ1) is 16.5. The molecule has 0 aliphatic heterocycles. The molecular weight excluding hydrogens is 528 g/mol. The summed E-state index contributed by atoms with van der Waals surface area (Å²) in [5.41, 5.74) is 2.07. The van der Waals surface area contributed by atoms with Crippen molar-refractivity contribution < 1.29 is 14.3 Å². The molecule has 0 spiro atoms. The van der Waals surface area contributed by atoms with E-state index in [1.54, 1.807) is 24.0 Å². The summed E-state index contributed by atoms with van der Waals surface area (Å²) in [4.78, 5) is 28.0. The van der Waals surface area contributed by atoms with Crippen molar-refractivity contribution in [1.29, 1.82) is 0 Å². The zero-order chi connectivity index (χ0) is 25.6. The smallest absolute Gasteiger partial charge is 0.261 e. The minimum atomic E-state index is -0.629. The van der Waals surface area contributed by atoms with Crippen molar-refractivity contribution >= 4 is 39.3 Å². The number of nitrogens with one attached hydrogen (secondary N) is 1. The molecule has 190 valence electrons. The number of hydrogen-bond acceptors (Lipinski definition) is 3. The van der Waals surface area contributed by atoms with Gasteiger partial charge in [0.15, 0.2) is 6.61 Å². The van der Waals surface area contributed by atoms with Crippen LogP contribution in [0.3, 0.4) is 0 Å². The van der Waals surface area contributed by atoms with Crippen LogP contribution >= 0.6 is 27.5 Å². The second-order valence-corrected chi connectivity index (χ2v) is 11.6. The lowest BCUT2D eigenvalue weighted by atomic mass is 9.87. The molecule has 1 saturated carbocycles. The van der Waals surface area contributed by atoms with Crippen molar-refractivity contribution in [1.82, 2.24) is 10.2 Å². The molecule has 2 aromatic carbocycles.